The average Bonchev–Trinajstić information content (AvgIpc) is 2.74. The molecule has 1 aliphatic heterocycles. The van der Waals surface area contributed by atoms with Gasteiger partial charge in [-0.15, -0.1) is 0 Å². The fourth-order valence-electron chi connectivity index (χ4n) is 2.21. The van der Waals surface area contributed by atoms with Gasteiger partial charge < -0.3 is 14.7 Å². The Morgan fingerprint density at radius 3 is 2.83 bits per heavy atom. The summed E-state index contributed by atoms with van der Waals surface area (Å²) in [5.74, 6) is -0.459. The van der Waals surface area contributed by atoms with Gasteiger partial charge in [-0.2, -0.15) is 0 Å². The van der Waals surface area contributed by atoms with Crippen molar-refractivity contribution in [3.05, 3.63) is 17.5 Å². The largest absolute Gasteiger partial charge is 0.478 e. The normalized spacial score (nSPS) is 23.1. The fraction of sp³-hybridized carbons (Fsp3) is 0.583. The summed E-state index contributed by atoms with van der Waals surface area (Å²) in [6.07, 6.45) is 2.43. The number of anilines is 1. The van der Waals surface area contributed by atoms with Gasteiger partial charge in [0, 0.05) is 19.9 Å². The minimum atomic E-state index is -1.00. The van der Waals surface area contributed by atoms with Crippen LogP contribution in [-0.2, 0) is 4.74 Å². The van der Waals surface area contributed by atoms with Crippen LogP contribution in [0.25, 0.3) is 0 Å². The molecule has 2 rings (SSSR count). The molecule has 0 spiro atoms. The van der Waals surface area contributed by atoms with Crippen molar-refractivity contribution in [3.8, 4) is 0 Å². The van der Waals surface area contributed by atoms with Gasteiger partial charge >= 0.3 is 5.97 Å². The van der Waals surface area contributed by atoms with E-state index in [2.05, 4.69) is 9.97 Å². The number of carboxylic acid groups (broad SMARTS) is 1. The Morgan fingerprint density at radius 2 is 2.33 bits per heavy atom. The summed E-state index contributed by atoms with van der Waals surface area (Å²) in [6.45, 7) is 4.44. The van der Waals surface area contributed by atoms with Crippen LogP contribution in [0.15, 0.2) is 6.20 Å². The first kappa shape index (κ1) is 12.8. The SMILES string of the molecule is Cc1nc(N(C)C2CCOC2C)ncc1C(=O)O. The van der Waals surface area contributed by atoms with E-state index in [1.165, 1.54) is 6.20 Å². The minimum Gasteiger partial charge on any atom is -0.478 e. The monoisotopic (exact) mass is 251 g/mol. The van der Waals surface area contributed by atoms with E-state index < -0.39 is 5.97 Å². The molecule has 2 unspecified atom stereocenters. The van der Waals surface area contributed by atoms with E-state index in [0.717, 1.165) is 13.0 Å². The lowest BCUT2D eigenvalue weighted by atomic mass is 10.1. The number of rotatable bonds is 3. The van der Waals surface area contributed by atoms with Gasteiger partial charge in [0.2, 0.25) is 5.95 Å². The van der Waals surface area contributed by atoms with Gasteiger partial charge in [-0.05, 0) is 20.3 Å². The lowest BCUT2D eigenvalue weighted by Crippen LogP contribution is -2.38. The molecule has 98 valence electrons. The third kappa shape index (κ3) is 2.28. The number of nitrogens with zero attached hydrogens (tertiary/aromatic N) is 3. The van der Waals surface area contributed by atoms with Crippen molar-refractivity contribution in [1.29, 1.82) is 0 Å². The van der Waals surface area contributed by atoms with Gasteiger partial charge in [-0.1, -0.05) is 0 Å². The molecule has 1 saturated heterocycles. The average molecular weight is 251 g/mol. The molecule has 2 heterocycles. The maximum atomic E-state index is 10.9. The Hall–Kier alpha value is -1.69. The van der Waals surface area contributed by atoms with Gasteiger partial charge in [0.05, 0.1) is 23.4 Å². The number of carbonyl (C=O) groups is 1. The predicted molar refractivity (Wildman–Crippen MR) is 66.0 cm³/mol. The van der Waals surface area contributed by atoms with E-state index in [0.29, 0.717) is 11.6 Å². The first-order valence-electron chi connectivity index (χ1n) is 5.92. The summed E-state index contributed by atoms with van der Waals surface area (Å²) < 4.78 is 5.51. The molecular weight excluding hydrogens is 234 g/mol. The van der Waals surface area contributed by atoms with Crippen molar-refractivity contribution >= 4 is 11.9 Å². The summed E-state index contributed by atoms with van der Waals surface area (Å²) in [5, 5.41) is 8.94. The van der Waals surface area contributed by atoms with Gasteiger partial charge in [-0.25, -0.2) is 14.8 Å². The highest BCUT2D eigenvalue weighted by atomic mass is 16.5. The highest BCUT2D eigenvalue weighted by Gasteiger charge is 2.29. The van der Waals surface area contributed by atoms with E-state index in [-0.39, 0.29) is 17.7 Å². The number of aryl methyl sites for hydroxylation is 1. The van der Waals surface area contributed by atoms with Crippen molar-refractivity contribution < 1.29 is 14.6 Å². The van der Waals surface area contributed by atoms with Crippen LogP contribution in [0.2, 0.25) is 0 Å². The zero-order valence-electron chi connectivity index (χ0n) is 10.8. The summed E-state index contributed by atoms with van der Waals surface area (Å²) >= 11 is 0. The Balaban J connectivity index is 2.23. The Labute approximate surface area is 106 Å². The molecule has 0 aliphatic carbocycles. The number of likely N-dealkylation sites (N-methyl/N-ethyl adjacent to an activating group) is 1. The Bertz CT molecular complexity index is 464. The molecule has 0 aromatic carbocycles. The van der Waals surface area contributed by atoms with Crippen LogP contribution in [0.5, 0.6) is 0 Å². The molecule has 0 bridgehead atoms. The Kier molecular flexibility index (Phi) is 3.47. The van der Waals surface area contributed by atoms with E-state index in [4.69, 9.17) is 9.84 Å². The molecular formula is C12H17N3O3. The minimum absolute atomic E-state index is 0.137. The second-order valence-corrected chi connectivity index (χ2v) is 4.52. The van der Waals surface area contributed by atoms with Crippen molar-refractivity contribution in [2.75, 3.05) is 18.6 Å². The molecule has 1 aliphatic rings. The van der Waals surface area contributed by atoms with Crippen LogP contribution in [0, 0.1) is 6.92 Å². The number of aromatic carboxylic acids is 1. The highest BCUT2D eigenvalue weighted by molar-refractivity contribution is 5.88. The van der Waals surface area contributed by atoms with Gasteiger partial charge in [0.1, 0.15) is 0 Å². The lowest BCUT2D eigenvalue weighted by molar-refractivity contribution is 0.0695. The Morgan fingerprint density at radius 1 is 1.61 bits per heavy atom. The quantitative estimate of drug-likeness (QED) is 0.867. The van der Waals surface area contributed by atoms with Crippen LogP contribution in [-0.4, -0.2) is 46.8 Å². The van der Waals surface area contributed by atoms with Crippen LogP contribution < -0.4 is 4.90 Å². The standard InChI is InChI=1S/C12H17N3O3/c1-7-9(11(16)17)6-13-12(14-7)15(3)10-4-5-18-8(10)2/h6,8,10H,4-5H2,1-3H3,(H,16,17). The van der Waals surface area contributed by atoms with E-state index >= 15 is 0 Å². The zero-order chi connectivity index (χ0) is 13.3. The topological polar surface area (TPSA) is 75.5 Å². The first-order valence-corrected chi connectivity index (χ1v) is 5.92. The lowest BCUT2D eigenvalue weighted by Gasteiger charge is -2.26. The second kappa shape index (κ2) is 4.89. The summed E-state index contributed by atoms with van der Waals surface area (Å²) in [4.78, 5) is 21.2. The first-order chi connectivity index (χ1) is 8.50. The molecule has 1 aromatic rings. The fourth-order valence-corrected chi connectivity index (χ4v) is 2.21. The third-order valence-electron chi connectivity index (χ3n) is 3.35. The van der Waals surface area contributed by atoms with Crippen LogP contribution in [0.3, 0.4) is 0 Å². The molecule has 6 heteroatoms. The maximum absolute atomic E-state index is 10.9. The maximum Gasteiger partial charge on any atom is 0.339 e. The molecule has 0 saturated carbocycles. The summed E-state index contributed by atoms with van der Waals surface area (Å²) in [6, 6.07) is 0.236. The molecule has 0 amide bonds. The molecule has 2 atom stereocenters. The number of hydrogen-bond donors (Lipinski definition) is 1. The smallest absolute Gasteiger partial charge is 0.339 e. The van der Waals surface area contributed by atoms with E-state index in [1.54, 1.807) is 6.92 Å². The van der Waals surface area contributed by atoms with Crippen molar-refractivity contribution in [1.82, 2.24) is 9.97 Å². The predicted octanol–water partition coefficient (Wildman–Crippen LogP) is 1.10. The van der Waals surface area contributed by atoms with Gasteiger partial charge in [0.15, 0.2) is 0 Å². The summed E-state index contributed by atoms with van der Waals surface area (Å²) in [5.41, 5.74) is 0.619. The molecule has 1 N–H and O–H groups in total. The van der Waals surface area contributed by atoms with Crippen molar-refractivity contribution in [2.45, 2.75) is 32.4 Å². The van der Waals surface area contributed by atoms with Crippen molar-refractivity contribution in [2.24, 2.45) is 0 Å². The molecule has 1 fully saturated rings. The van der Waals surface area contributed by atoms with E-state index in [9.17, 15) is 4.79 Å². The highest BCUT2D eigenvalue weighted by Crippen LogP contribution is 2.22. The number of hydrogen-bond acceptors (Lipinski definition) is 5. The third-order valence-corrected chi connectivity index (χ3v) is 3.35. The van der Waals surface area contributed by atoms with E-state index in [1.807, 2.05) is 18.9 Å². The van der Waals surface area contributed by atoms with Gasteiger partial charge in [0.25, 0.3) is 0 Å². The van der Waals surface area contributed by atoms with Crippen LogP contribution in [0.4, 0.5) is 5.95 Å². The number of carboxylic acids is 1. The van der Waals surface area contributed by atoms with Crippen LogP contribution in [0.1, 0.15) is 29.4 Å². The molecule has 6 nitrogen and oxygen atoms in total. The van der Waals surface area contributed by atoms with Crippen LogP contribution >= 0.6 is 0 Å². The van der Waals surface area contributed by atoms with Gasteiger partial charge in [-0.3, -0.25) is 0 Å². The number of aromatic nitrogens is 2. The van der Waals surface area contributed by atoms with Crippen molar-refractivity contribution in [3.63, 3.8) is 0 Å². The molecule has 1 aromatic heterocycles. The zero-order valence-corrected chi connectivity index (χ0v) is 10.8. The molecule has 0 radical (unpaired) electrons. The number of ether oxygens (including phenoxy) is 1. The molecule has 18 heavy (non-hydrogen) atoms. The second-order valence-electron chi connectivity index (χ2n) is 4.52. The summed E-state index contributed by atoms with van der Waals surface area (Å²) in [7, 11) is 1.91.